The number of pyridine rings is 1. The van der Waals surface area contributed by atoms with E-state index in [1.165, 1.54) is 6.07 Å². The van der Waals surface area contributed by atoms with Gasteiger partial charge in [0.15, 0.2) is 0 Å². The molecule has 0 radical (unpaired) electrons. The molecule has 0 atom stereocenters. The molecule has 72 valence electrons. The Morgan fingerprint density at radius 2 is 2.23 bits per heavy atom. The summed E-state index contributed by atoms with van der Waals surface area (Å²) in [4.78, 5) is 3.92. The highest BCUT2D eigenvalue weighted by molar-refractivity contribution is 9.10. The van der Waals surface area contributed by atoms with Gasteiger partial charge in [0.05, 0.1) is 5.56 Å². The fourth-order valence-corrected chi connectivity index (χ4v) is 1.55. The SMILES string of the molecule is Cc1nc(Br)c(C(F)F)cc1CN. The molecule has 2 N–H and O–H groups in total. The molecule has 0 fully saturated rings. The van der Waals surface area contributed by atoms with Crippen LogP contribution in [-0.4, -0.2) is 4.98 Å². The fraction of sp³-hybridized carbons (Fsp3) is 0.375. The normalized spacial score (nSPS) is 10.9. The number of hydrogen-bond acceptors (Lipinski definition) is 2. The van der Waals surface area contributed by atoms with Crippen molar-refractivity contribution in [2.75, 3.05) is 0 Å². The van der Waals surface area contributed by atoms with E-state index in [-0.39, 0.29) is 16.7 Å². The number of nitrogens with two attached hydrogens (primary N) is 1. The maximum Gasteiger partial charge on any atom is 0.266 e. The monoisotopic (exact) mass is 250 g/mol. The fourth-order valence-electron chi connectivity index (χ4n) is 0.995. The molecule has 5 heteroatoms. The number of rotatable bonds is 2. The zero-order chi connectivity index (χ0) is 10.0. The molecule has 0 amide bonds. The van der Waals surface area contributed by atoms with E-state index in [2.05, 4.69) is 20.9 Å². The Balaban J connectivity index is 3.22. The summed E-state index contributed by atoms with van der Waals surface area (Å²) in [7, 11) is 0. The second-order valence-corrected chi connectivity index (χ2v) is 3.37. The minimum Gasteiger partial charge on any atom is -0.326 e. The lowest BCUT2D eigenvalue weighted by Crippen LogP contribution is -2.03. The van der Waals surface area contributed by atoms with Crippen LogP contribution < -0.4 is 5.73 Å². The highest BCUT2D eigenvalue weighted by Gasteiger charge is 2.14. The van der Waals surface area contributed by atoms with Gasteiger partial charge < -0.3 is 5.73 Å². The lowest BCUT2D eigenvalue weighted by molar-refractivity contribution is 0.150. The van der Waals surface area contributed by atoms with Gasteiger partial charge in [-0.2, -0.15) is 0 Å². The predicted octanol–water partition coefficient (Wildman–Crippen LogP) is 2.55. The molecule has 0 aliphatic heterocycles. The predicted molar refractivity (Wildman–Crippen MR) is 49.5 cm³/mol. The maximum atomic E-state index is 12.4. The summed E-state index contributed by atoms with van der Waals surface area (Å²) in [6.07, 6.45) is -2.52. The van der Waals surface area contributed by atoms with Crippen LogP contribution in [0.5, 0.6) is 0 Å². The Hall–Kier alpha value is -0.550. The third kappa shape index (κ3) is 2.22. The Morgan fingerprint density at radius 1 is 1.62 bits per heavy atom. The Bertz CT molecular complexity index is 315. The molecule has 0 saturated carbocycles. The second kappa shape index (κ2) is 4.11. The summed E-state index contributed by atoms with van der Waals surface area (Å²) in [5.41, 5.74) is 6.59. The highest BCUT2D eigenvalue weighted by atomic mass is 79.9. The van der Waals surface area contributed by atoms with E-state index in [9.17, 15) is 8.78 Å². The number of nitrogens with zero attached hydrogens (tertiary/aromatic N) is 1. The van der Waals surface area contributed by atoms with Crippen molar-refractivity contribution in [3.05, 3.63) is 27.5 Å². The van der Waals surface area contributed by atoms with E-state index in [0.717, 1.165) is 0 Å². The summed E-state index contributed by atoms with van der Waals surface area (Å²) >= 11 is 2.98. The van der Waals surface area contributed by atoms with Crippen LogP contribution in [0.1, 0.15) is 23.2 Å². The van der Waals surface area contributed by atoms with E-state index < -0.39 is 6.43 Å². The van der Waals surface area contributed by atoms with Crippen molar-refractivity contribution in [1.82, 2.24) is 4.98 Å². The summed E-state index contributed by atoms with van der Waals surface area (Å²) < 4.78 is 24.9. The van der Waals surface area contributed by atoms with Crippen molar-refractivity contribution in [2.45, 2.75) is 19.9 Å². The Morgan fingerprint density at radius 3 is 2.69 bits per heavy atom. The van der Waals surface area contributed by atoms with Crippen LogP contribution >= 0.6 is 15.9 Å². The molecule has 0 aromatic carbocycles. The van der Waals surface area contributed by atoms with Gasteiger partial charge in [-0.15, -0.1) is 0 Å². The van der Waals surface area contributed by atoms with E-state index >= 15 is 0 Å². The lowest BCUT2D eigenvalue weighted by Gasteiger charge is -2.07. The van der Waals surface area contributed by atoms with Gasteiger partial charge in [0.2, 0.25) is 0 Å². The third-order valence-electron chi connectivity index (χ3n) is 1.75. The molecule has 0 aliphatic rings. The lowest BCUT2D eigenvalue weighted by atomic mass is 10.1. The Kier molecular flexibility index (Phi) is 3.33. The standard InChI is InChI=1S/C8H9BrF2N2/c1-4-5(3-12)2-6(8(10)11)7(9)13-4/h2,8H,3,12H2,1H3. The van der Waals surface area contributed by atoms with Crippen molar-refractivity contribution >= 4 is 15.9 Å². The highest BCUT2D eigenvalue weighted by Crippen LogP contribution is 2.27. The van der Waals surface area contributed by atoms with Crippen LogP contribution in [0.4, 0.5) is 8.78 Å². The van der Waals surface area contributed by atoms with Gasteiger partial charge in [0.25, 0.3) is 6.43 Å². The van der Waals surface area contributed by atoms with Crippen LogP contribution in [0.25, 0.3) is 0 Å². The molecule has 0 aliphatic carbocycles. The summed E-state index contributed by atoms with van der Waals surface area (Å²) in [6.45, 7) is 1.97. The van der Waals surface area contributed by atoms with Crippen molar-refractivity contribution in [3.63, 3.8) is 0 Å². The number of aromatic nitrogens is 1. The first-order valence-electron chi connectivity index (χ1n) is 3.70. The van der Waals surface area contributed by atoms with Gasteiger partial charge >= 0.3 is 0 Å². The first kappa shape index (κ1) is 10.5. The quantitative estimate of drug-likeness (QED) is 0.820. The number of aryl methyl sites for hydroxylation is 1. The van der Waals surface area contributed by atoms with Crippen molar-refractivity contribution in [1.29, 1.82) is 0 Å². The second-order valence-electron chi connectivity index (χ2n) is 2.62. The molecule has 1 heterocycles. The smallest absolute Gasteiger partial charge is 0.266 e. The third-order valence-corrected chi connectivity index (χ3v) is 2.39. The first-order valence-corrected chi connectivity index (χ1v) is 4.49. The minimum absolute atomic E-state index is 0.106. The van der Waals surface area contributed by atoms with Gasteiger partial charge in [-0.3, -0.25) is 0 Å². The van der Waals surface area contributed by atoms with E-state index in [1.807, 2.05) is 0 Å². The topological polar surface area (TPSA) is 38.9 Å². The molecule has 2 nitrogen and oxygen atoms in total. The molecule has 0 bridgehead atoms. The van der Waals surface area contributed by atoms with Gasteiger partial charge in [-0.05, 0) is 34.5 Å². The number of halogens is 3. The molecule has 13 heavy (non-hydrogen) atoms. The van der Waals surface area contributed by atoms with Crippen molar-refractivity contribution in [2.24, 2.45) is 5.73 Å². The zero-order valence-electron chi connectivity index (χ0n) is 7.02. The van der Waals surface area contributed by atoms with Crippen molar-refractivity contribution < 1.29 is 8.78 Å². The molecule has 0 spiro atoms. The van der Waals surface area contributed by atoms with Gasteiger partial charge in [-0.25, -0.2) is 13.8 Å². The van der Waals surface area contributed by atoms with E-state index in [0.29, 0.717) is 11.3 Å². The molecule has 1 aromatic heterocycles. The molecule has 1 rings (SSSR count). The molecule has 0 unspecified atom stereocenters. The van der Waals surface area contributed by atoms with E-state index in [1.54, 1.807) is 6.92 Å². The maximum absolute atomic E-state index is 12.4. The van der Waals surface area contributed by atoms with Crippen LogP contribution in [0.2, 0.25) is 0 Å². The summed E-state index contributed by atoms with van der Waals surface area (Å²) in [5.74, 6) is 0. The van der Waals surface area contributed by atoms with Crippen LogP contribution in [0, 0.1) is 6.92 Å². The van der Waals surface area contributed by atoms with Gasteiger partial charge in [0.1, 0.15) is 4.60 Å². The van der Waals surface area contributed by atoms with Gasteiger partial charge in [-0.1, -0.05) is 0 Å². The van der Waals surface area contributed by atoms with Gasteiger partial charge in [0, 0.05) is 12.2 Å². The molecule has 1 aromatic rings. The largest absolute Gasteiger partial charge is 0.326 e. The average Bonchev–Trinajstić information content (AvgIpc) is 2.03. The molecular weight excluding hydrogens is 242 g/mol. The zero-order valence-corrected chi connectivity index (χ0v) is 8.61. The van der Waals surface area contributed by atoms with Crippen LogP contribution in [-0.2, 0) is 6.54 Å². The summed E-state index contributed by atoms with van der Waals surface area (Å²) in [6, 6.07) is 1.39. The Labute approximate surface area is 83.3 Å². The average molecular weight is 251 g/mol. The molecule has 0 saturated heterocycles. The number of hydrogen-bond donors (Lipinski definition) is 1. The van der Waals surface area contributed by atoms with Crippen LogP contribution in [0.3, 0.4) is 0 Å². The molecular formula is C8H9BrF2N2. The minimum atomic E-state index is -2.52. The number of alkyl halides is 2. The first-order chi connectivity index (χ1) is 6.06. The van der Waals surface area contributed by atoms with E-state index in [4.69, 9.17) is 5.73 Å². The van der Waals surface area contributed by atoms with Crippen molar-refractivity contribution in [3.8, 4) is 0 Å². The van der Waals surface area contributed by atoms with Crippen LogP contribution in [0.15, 0.2) is 10.7 Å². The summed E-state index contributed by atoms with van der Waals surface area (Å²) in [5, 5.41) is 0.